The Balaban J connectivity index is 0.00000364. The molecule has 0 aromatic heterocycles. The standard InChI is InChI=1S/C19H31N3O3S.ClH/c1-5-20-8-9-21-19(23)17-6-10-22(11-7-17)26(24,25)18-15(3)12-14(2)13-16(18)4;/h12-13,17,20H,5-11H2,1-4H3,(H,21,23);1H. The molecule has 1 amide bonds. The Labute approximate surface area is 169 Å². The Hall–Kier alpha value is -1.15. The number of likely N-dealkylation sites (N-methyl/N-ethyl adjacent to an activating group) is 1. The zero-order chi connectivity index (χ0) is 19.3. The lowest BCUT2D eigenvalue weighted by atomic mass is 9.97. The van der Waals surface area contributed by atoms with Crippen LogP contribution in [0.3, 0.4) is 0 Å². The second-order valence-corrected chi connectivity index (χ2v) is 8.93. The molecule has 0 spiro atoms. The van der Waals surface area contributed by atoms with Crippen molar-refractivity contribution in [3.63, 3.8) is 0 Å². The van der Waals surface area contributed by atoms with Crippen LogP contribution in [0.4, 0.5) is 0 Å². The third-order valence-electron chi connectivity index (χ3n) is 4.88. The molecule has 2 rings (SSSR count). The molecule has 154 valence electrons. The smallest absolute Gasteiger partial charge is 0.243 e. The van der Waals surface area contributed by atoms with Crippen LogP contribution in [0.5, 0.6) is 0 Å². The number of amides is 1. The summed E-state index contributed by atoms with van der Waals surface area (Å²) in [6.07, 6.45) is 1.13. The summed E-state index contributed by atoms with van der Waals surface area (Å²) in [6.45, 7) is 10.7. The molecule has 1 aromatic carbocycles. The molecule has 1 saturated heterocycles. The molecule has 8 heteroatoms. The highest BCUT2D eigenvalue weighted by Gasteiger charge is 2.33. The van der Waals surface area contributed by atoms with E-state index in [1.807, 2.05) is 39.8 Å². The number of halogens is 1. The first-order chi connectivity index (χ1) is 12.3. The summed E-state index contributed by atoms with van der Waals surface area (Å²) in [4.78, 5) is 12.6. The topological polar surface area (TPSA) is 78.5 Å². The highest BCUT2D eigenvalue weighted by molar-refractivity contribution is 7.89. The molecule has 1 aliphatic heterocycles. The minimum absolute atomic E-state index is 0. The first kappa shape index (κ1) is 23.9. The molecule has 6 nitrogen and oxygen atoms in total. The highest BCUT2D eigenvalue weighted by atomic mass is 35.5. The van der Waals surface area contributed by atoms with Gasteiger partial charge in [-0.1, -0.05) is 24.6 Å². The van der Waals surface area contributed by atoms with Crippen molar-refractivity contribution < 1.29 is 13.2 Å². The third kappa shape index (κ3) is 5.91. The molecular formula is C19H32ClN3O3S. The quantitative estimate of drug-likeness (QED) is 0.666. The normalized spacial score (nSPS) is 16.0. The minimum atomic E-state index is -3.52. The van der Waals surface area contributed by atoms with Crippen LogP contribution < -0.4 is 10.6 Å². The molecule has 0 saturated carbocycles. The van der Waals surface area contributed by atoms with Gasteiger partial charge in [0.2, 0.25) is 15.9 Å². The van der Waals surface area contributed by atoms with E-state index >= 15 is 0 Å². The number of aryl methyl sites for hydroxylation is 3. The predicted molar refractivity (Wildman–Crippen MR) is 111 cm³/mol. The number of benzene rings is 1. The summed E-state index contributed by atoms with van der Waals surface area (Å²) in [6, 6.07) is 3.81. The van der Waals surface area contributed by atoms with E-state index in [1.165, 1.54) is 4.31 Å². The van der Waals surface area contributed by atoms with Crippen LogP contribution in [0, 0.1) is 26.7 Å². The number of sulfonamides is 1. The number of carbonyl (C=O) groups excluding carboxylic acids is 1. The SMILES string of the molecule is CCNCCNC(=O)C1CCN(S(=O)(=O)c2c(C)cc(C)cc2C)CC1.Cl. The molecule has 1 aliphatic rings. The first-order valence-corrected chi connectivity index (χ1v) is 10.8. The van der Waals surface area contributed by atoms with Crippen LogP contribution in [0.1, 0.15) is 36.5 Å². The maximum atomic E-state index is 13.1. The van der Waals surface area contributed by atoms with Gasteiger partial charge in [0.25, 0.3) is 0 Å². The number of hydrogen-bond donors (Lipinski definition) is 2. The Kier molecular flexibility index (Phi) is 9.21. The molecule has 2 N–H and O–H groups in total. The third-order valence-corrected chi connectivity index (χ3v) is 7.08. The van der Waals surface area contributed by atoms with Crippen LogP contribution in [0.25, 0.3) is 0 Å². The lowest BCUT2D eigenvalue weighted by molar-refractivity contribution is -0.126. The Bertz CT molecular complexity index is 722. The van der Waals surface area contributed by atoms with Gasteiger partial charge in [-0.15, -0.1) is 12.4 Å². The van der Waals surface area contributed by atoms with E-state index in [0.717, 1.165) is 29.8 Å². The van der Waals surface area contributed by atoms with E-state index in [1.54, 1.807) is 0 Å². The zero-order valence-corrected chi connectivity index (χ0v) is 18.3. The van der Waals surface area contributed by atoms with Crippen LogP contribution in [0.15, 0.2) is 17.0 Å². The minimum Gasteiger partial charge on any atom is -0.355 e. The second kappa shape index (κ2) is 10.4. The van der Waals surface area contributed by atoms with Crippen LogP contribution in [-0.2, 0) is 14.8 Å². The van der Waals surface area contributed by atoms with Crippen molar-refractivity contribution >= 4 is 28.3 Å². The second-order valence-electron chi connectivity index (χ2n) is 7.05. The van der Waals surface area contributed by atoms with Gasteiger partial charge in [0.15, 0.2) is 0 Å². The van der Waals surface area contributed by atoms with E-state index in [0.29, 0.717) is 37.4 Å². The molecule has 27 heavy (non-hydrogen) atoms. The van der Waals surface area contributed by atoms with Crippen LogP contribution in [-0.4, -0.2) is 51.4 Å². The molecule has 0 aliphatic carbocycles. The average Bonchev–Trinajstić information content (AvgIpc) is 2.57. The van der Waals surface area contributed by atoms with Crippen LogP contribution >= 0.6 is 12.4 Å². The van der Waals surface area contributed by atoms with E-state index in [4.69, 9.17) is 0 Å². The van der Waals surface area contributed by atoms with Crippen molar-refractivity contribution in [3.8, 4) is 0 Å². The van der Waals surface area contributed by atoms with Crippen molar-refractivity contribution in [1.29, 1.82) is 0 Å². The Morgan fingerprint density at radius 1 is 1.11 bits per heavy atom. The molecule has 0 bridgehead atoms. The number of piperidine rings is 1. The summed E-state index contributed by atoms with van der Waals surface area (Å²) in [5.74, 6) is -0.0778. The van der Waals surface area contributed by atoms with E-state index in [-0.39, 0.29) is 24.2 Å². The number of nitrogens with one attached hydrogen (secondary N) is 2. The summed E-state index contributed by atoms with van der Waals surface area (Å²) in [7, 11) is -3.52. The van der Waals surface area contributed by atoms with Gasteiger partial charge >= 0.3 is 0 Å². The van der Waals surface area contributed by atoms with Gasteiger partial charge in [0, 0.05) is 32.1 Å². The van der Waals surface area contributed by atoms with Crippen molar-refractivity contribution in [2.24, 2.45) is 5.92 Å². The molecular weight excluding hydrogens is 386 g/mol. The zero-order valence-electron chi connectivity index (χ0n) is 16.7. The maximum Gasteiger partial charge on any atom is 0.243 e. The van der Waals surface area contributed by atoms with Gasteiger partial charge in [-0.05, 0) is 51.3 Å². The molecule has 1 aromatic rings. The number of carbonyl (C=O) groups is 1. The molecule has 1 fully saturated rings. The average molecular weight is 418 g/mol. The largest absolute Gasteiger partial charge is 0.355 e. The van der Waals surface area contributed by atoms with Crippen molar-refractivity contribution in [2.45, 2.75) is 45.4 Å². The van der Waals surface area contributed by atoms with Gasteiger partial charge < -0.3 is 10.6 Å². The van der Waals surface area contributed by atoms with Crippen LogP contribution in [0.2, 0.25) is 0 Å². The Morgan fingerprint density at radius 2 is 1.67 bits per heavy atom. The van der Waals surface area contributed by atoms with E-state index < -0.39 is 10.0 Å². The molecule has 0 atom stereocenters. The number of hydrogen-bond acceptors (Lipinski definition) is 4. The lowest BCUT2D eigenvalue weighted by Crippen LogP contribution is -2.44. The van der Waals surface area contributed by atoms with Gasteiger partial charge in [-0.25, -0.2) is 8.42 Å². The maximum absolute atomic E-state index is 13.1. The van der Waals surface area contributed by atoms with E-state index in [9.17, 15) is 13.2 Å². The summed E-state index contributed by atoms with van der Waals surface area (Å²) < 4.78 is 27.7. The van der Waals surface area contributed by atoms with Crippen molar-refractivity contribution in [1.82, 2.24) is 14.9 Å². The fourth-order valence-corrected chi connectivity index (χ4v) is 5.54. The van der Waals surface area contributed by atoms with Gasteiger partial charge in [0.05, 0.1) is 4.90 Å². The predicted octanol–water partition coefficient (Wildman–Crippen LogP) is 2.16. The number of rotatable bonds is 7. The van der Waals surface area contributed by atoms with Gasteiger partial charge in [0.1, 0.15) is 0 Å². The van der Waals surface area contributed by atoms with Gasteiger partial charge in [-0.3, -0.25) is 4.79 Å². The summed E-state index contributed by atoms with van der Waals surface area (Å²) >= 11 is 0. The molecule has 0 radical (unpaired) electrons. The molecule has 1 heterocycles. The van der Waals surface area contributed by atoms with Crippen molar-refractivity contribution in [2.75, 3.05) is 32.7 Å². The highest BCUT2D eigenvalue weighted by Crippen LogP contribution is 2.28. The van der Waals surface area contributed by atoms with Crippen molar-refractivity contribution in [3.05, 3.63) is 28.8 Å². The van der Waals surface area contributed by atoms with Gasteiger partial charge in [-0.2, -0.15) is 4.31 Å². The summed E-state index contributed by atoms with van der Waals surface area (Å²) in [5.41, 5.74) is 2.63. The monoisotopic (exact) mass is 417 g/mol. The number of nitrogens with zero attached hydrogens (tertiary/aromatic N) is 1. The lowest BCUT2D eigenvalue weighted by Gasteiger charge is -2.31. The Morgan fingerprint density at radius 3 is 2.19 bits per heavy atom. The summed E-state index contributed by atoms with van der Waals surface area (Å²) in [5, 5.41) is 6.09. The molecule has 0 unspecified atom stereocenters. The fourth-order valence-electron chi connectivity index (χ4n) is 3.66. The van der Waals surface area contributed by atoms with E-state index in [2.05, 4.69) is 10.6 Å². The first-order valence-electron chi connectivity index (χ1n) is 9.33. The fraction of sp³-hybridized carbons (Fsp3) is 0.632.